The third kappa shape index (κ3) is 10.8. The van der Waals surface area contributed by atoms with E-state index in [1.807, 2.05) is 72.8 Å². The minimum atomic E-state index is 0.643. The third-order valence-electron chi connectivity index (χ3n) is 9.93. The molecule has 0 heterocycles. The van der Waals surface area contributed by atoms with Crippen LogP contribution in [0.4, 0.5) is 0 Å². The van der Waals surface area contributed by atoms with E-state index in [1.165, 1.54) is 32.7 Å². The molecule has 7 rings (SSSR count). The van der Waals surface area contributed by atoms with Crippen LogP contribution in [0, 0.1) is 0 Å². The molecule has 0 saturated heterocycles. The smallest absolute Gasteiger partial charge is 0.119 e. The van der Waals surface area contributed by atoms with Crippen molar-refractivity contribution in [2.24, 2.45) is 0 Å². The topological polar surface area (TPSA) is 55.4 Å². The monoisotopic (exact) mass is 770 g/mol. The van der Waals surface area contributed by atoms with Crippen LogP contribution in [0.15, 0.2) is 146 Å². The SMILES string of the molecule is COc1ccc(OCCCCOc2ccc(/C=C/c3c4ccccc4c(/C=C/c4ccc(OCCCCOc5ccc(OC)cc5)cc4)c4ccccc34)cc2)cc1. The van der Waals surface area contributed by atoms with Gasteiger partial charge in [-0.05, 0) is 142 Å². The molecular formula is C52H50O6. The van der Waals surface area contributed by atoms with Crippen LogP contribution in [0.25, 0.3) is 45.8 Å². The van der Waals surface area contributed by atoms with Gasteiger partial charge in [0.25, 0.3) is 0 Å². The van der Waals surface area contributed by atoms with Crippen molar-refractivity contribution in [2.45, 2.75) is 25.7 Å². The maximum absolute atomic E-state index is 6.02. The maximum Gasteiger partial charge on any atom is 0.119 e. The van der Waals surface area contributed by atoms with Crippen molar-refractivity contribution in [2.75, 3.05) is 40.6 Å². The van der Waals surface area contributed by atoms with Crippen LogP contribution in [0.1, 0.15) is 47.9 Å². The van der Waals surface area contributed by atoms with Crippen molar-refractivity contribution in [3.05, 3.63) is 168 Å². The Kier molecular flexibility index (Phi) is 14.0. The number of hydrogen-bond donors (Lipinski definition) is 0. The van der Waals surface area contributed by atoms with Crippen LogP contribution >= 0.6 is 0 Å². The average molecular weight is 771 g/mol. The van der Waals surface area contributed by atoms with Crippen molar-refractivity contribution in [1.82, 2.24) is 0 Å². The highest BCUT2D eigenvalue weighted by Crippen LogP contribution is 2.35. The molecule has 0 amide bonds. The number of rotatable bonds is 20. The second-order valence-electron chi connectivity index (χ2n) is 13.9. The minimum Gasteiger partial charge on any atom is -0.497 e. The van der Waals surface area contributed by atoms with E-state index >= 15 is 0 Å². The van der Waals surface area contributed by atoms with Crippen LogP contribution in [0.3, 0.4) is 0 Å². The van der Waals surface area contributed by atoms with Gasteiger partial charge in [-0.15, -0.1) is 0 Å². The normalized spacial score (nSPS) is 11.3. The summed E-state index contributed by atoms with van der Waals surface area (Å²) in [4.78, 5) is 0. The molecule has 6 heteroatoms. The first-order valence-corrected chi connectivity index (χ1v) is 20.0. The van der Waals surface area contributed by atoms with Gasteiger partial charge in [-0.3, -0.25) is 0 Å². The number of benzene rings is 7. The zero-order valence-electron chi connectivity index (χ0n) is 33.3. The molecule has 0 aliphatic carbocycles. The quantitative estimate of drug-likeness (QED) is 0.0437. The molecular weight excluding hydrogens is 721 g/mol. The third-order valence-corrected chi connectivity index (χ3v) is 9.93. The summed E-state index contributed by atoms with van der Waals surface area (Å²) in [7, 11) is 3.32. The highest BCUT2D eigenvalue weighted by Gasteiger charge is 2.11. The predicted molar refractivity (Wildman–Crippen MR) is 239 cm³/mol. The Bertz CT molecular complexity index is 2170. The van der Waals surface area contributed by atoms with E-state index in [0.29, 0.717) is 26.4 Å². The van der Waals surface area contributed by atoms with Crippen molar-refractivity contribution in [3.8, 4) is 34.5 Å². The first-order chi connectivity index (χ1) is 28.7. The highest BCUT2D eigenvalue weighted by atomic mass is 16.5. The largest absolute Gasteiger partial charge is 0.497 e. The van der Waals surface area contributed by atoms with Gasteiger partial charge in [0.2, 0.25) is 0 Å². The summed E-state index contributed by atoms with van der Waals surface area (Å²) < 4.78 is 34.1. The van der Waals surface area contributed by atoms with Gasteiger partial charge in [0.15, 0.2) is 0 Å². The first-order valence-electron chi connectivity index (χ1n) is 20.0. The highest BCUT2D eigenvalue weighted by molar-refractivity contribution is 6.14. The van der Waals surface area contributed by atoms with Crippen molar-refractivity contribution < 1.29 is 28.4 Å². The van der Waals surface area contributed by atoms with Crippen LogP contribution < -0.4 is 28.4 Å². The molecule has 0 unspecified atom stereocenters. The molecule has 0 radical (unpaired) electrons. The zero-order valence-corrected chi connectivity index (χ0v) is 33.3. The molecule has 0 spiro atoms. The lowest BCUT2D eigenvalue weighted by molar-refractivity contribution is 0.266. The Labute approximate surface area is 341 Å². The lowest BCUT2D eigenvalue weighted by atomic mass is 9.91. The molecule has 0 fully saturated rings. The summed E-state index contributed by atoms with van der Waals surface area (Å²) in [5.41, 5.74) is 4.63. The Morgan fingerprint density at radius 2 is 0.569 bits per heavy atom. The number of fused-ring (bicyclic) bond motifs is 2. The molecule has 0 N–H and O–H groups in total. The fourth-order valence-corrected chi connectivity index (χ4v) is 6.78. The predicted octanol–water partition coefficient (Wildman–Crippen LogP) is 12.8. The van der Waals surface area contributed by atoms with Gasteiger partial charge in [0.1, 0.15) is 34.5 Å². The van der Waals surface area contributed by atoms with Gasteiger partial charge in [-0.2, -0.15) is 0 Å². The number of unbranched alkanes of at least 4 members (excludes halogenated alkanes) is 2. The summed E-state index contributed by atoms with van der Waals surface area (Å²) in [6.07, 6.45) is 12.5. The fourth-order valence-electron chi connectivity index (χ4n) is 6.78. The van der Waals surface area contributed by atoms with Gasteiger partial charge in [-0.25, -0.2) is 0 Å². The van der Waals surface area contributed by atoms with Gasteiger partial charge in [0.05, 0.1) is 40.6 Å². The Hall–Kier alpha value is -6.66. The second kappa shape index (κ2) is 20.5. The van der Waals surface area contributed by atoms with Gasteiger partial charge in [0, 0.05) is 0 Å². The van der Waals surface area contributed by atoms with E-state index in [4.69, 9.17) is 28.4 Å². The molecule has 58 heavy (non-hydrogen) atoms. The summed E-state index contributed by atoms with van der Waals surface area (Å²) in [6, 6.07) is 49.2. The number of ether oxygens (including phenoxy) is 6. The Morgan fingerprint density at radius 1 is 0.310 bits per heavy atom. The molecule has 0 saturated carbocycles. The Balaban J connectivity index is 0.933. The van der Waals surface area contributed by atoms with E-state index in [-0.39, 0.29) is 0 Å². The first kappa shape index (κ1) is 39.6. The molecule has 0 aliphatic heterocycles. The molecule has 294 valence electrons. The van der Waals surface area contributed by atoms with Crippen LogP contribution in [-0.2, 0) is 0 Å². The zero-order chi connectivity index (χ0) is 39.8. The second-order valence-corrected chi connectivity index (χ2v) is 13.9. The molecule has 0 aliphatic rings. The molecule has 6 nitrogen and oxygen atoms in total. The molecule has 0 aromatic heterocycles. The van der Waals surface area contributed by atoms with Gasteiger partial charge in [-0.1, -0.05) is 97.1 Å². The fraction of sp³-hybridized carbons (Fsp3) is 0.192. The summed E-state index contributed by atoms with van der Waals surface area (Å²) in [5, 5.41) is 4.86. The molecule has 7 aromatic rings. The lowest BCUT2D eigenvalue weighted by Crippen LogP contribution is -2.02. The summed E-state index contributed by atoms with van der Waals surface area (Å²) in [5.74, 6) is 5.07. The van der Waals surface area contributed by atoms with E-state index in [1.54, 1.807) is 14.2 Å². The van der Waals surface area contributed by atoms with Crippen molar-refractivity contribution >= 4 is 45.8 Å². The van der Waals surface area contributed by atoms with E-state index < -0.39 is 0 Å². The van der Waals surface area contributed by atoms with E-state index in [0.717, 1.165) is 71.3 Å². The number of hydrogen-bond acceptors (Lipinski definition) is 6. The molecule has 0 bridgehead atoms. The van der Waals surface area contributed by atoms with E-state index in [2.05, 4.69) is 97.1 Å². The van der Waals surface area contributed by atoms with Gasteiger partial charge >= 0.3 is 0 Å². The van der Waals surface area contributed by atoms with Gasteiger partial charge < -0.3 is 28.4 Å². The van der Waals surface area contributed by atoms with Crippen LogP contribution in [-0.4, -0.2) is 40.6 Å². The van der Waals surface area contributed by atoms with Crippen LogP contribution in [0.5, 0.6) is 34.5 Å². The van der Waals surface area contributed by atoms with Crippen LogP contribution in [0.2, 0.25) is 0 Å². The maximum atomic E-state index is 6.02. The molecule has 0 atom stereocenters. The molecule has 7 aromatic carbocycles. The summed E-state index contributed by atoms with van der Waals surface area (Å²) in [6.45, 7) is 2.58. The minimum absolute atomic E-state index is 0.643. The lowest BCUT2D eigenvalue weighted by Gasteiger charge is -2.13. The number of methoxy groups -OCH3 is 2. The summed E-state index contributed by atoms with van der Waals surface area (Å²) >= 11 is 0. The van der Waals surface area contributed by atoms with Crippen molar-refractivity contribution in [1.29, 1.82) is 0 Å². The standard InChI is InChI=1S/C52H50O6/c1-53-41-25-29-45(30-26-41)57-37-9-7-35-55-43-21-15-39(16-22-43)19-33-51-47-11-3-5-13-49(47)52(50-14-6-4-12-48(50)51)34-20-40-17-23-44(24-18-40)56-36-8-10-38-58-46-31-27-42(54-2)28-32-46/h3-6,11-34H,7-10,35-38H2,1-2H3/b33-19+,34-20+. The average Bonchev–Trinajstić information content (AvgIpc) is 3.28. The van der Waals surface area contributed by atoms with E-state index in [9.17, 15) is 0 Å². The Morgan fingerprint density at radius 3 is 0.845 bits per heavy atom. The van der Waals surface area contributed by atoms with Crippen molar-refractivity contribution in [3.63, 3.8) is 0 Å².